The van der Waals surface area contributed by atoms with Crippen molar-refractivity contribution in [2.75, 3.05) is 0 Å². The highest BCUT2D eigenvalue weighted by molar-refractivity contribution is 5.97. The summed E-state index contributed by atoms with van der Waals surface area (Å²) < 4.78 is 0. The number of aromatic hydroxyl groups is 1. The lowest BCUT2D eigenvalue weighted by Crippen LogP contribution is -2.42. The van der Waals surface area contributed by atoms with Crippen LogP contribution in [0.25, 0.3) is 10.9 Å². The second-order valence-electron chi connectivity index (χ2n) is 5.93. The number of carboxylic acid groups (broad SMARTS) is 1. The molecule has 3 rings (SSSR count). The number of phenolic OH excluding ortho intramolecular Hbond substituents is 1. The summed E-state index contributed by atoms with van der Waals surface area (Å²) in [5.41, 5.74) is 2.59. The van der Waals surface area contributed by atoms with E-state index in [9.17, 15) is 19.8 Å². The summed E-state index contributed by atoms with van der Waals surface area (Å²) in [6.07, 6.45) is 1.91. The Morgan fingerprint density at radius 3 is 2.68 bits per heavy atom. The number of fused-ring (bicyclic) bond motifs is 1. The number of aromatic amines is 1. The molecule has 4 N–H and O–H groups in total. The molecule has 0 fully saturated rings. The zero-order chi connectivity index (χ0) is 18.0. The van der Waals surface area contributed by atoms with Crippen LogP contribution in [0.3, 0.4) is 0 Å². The van der Waals surface area contributed by atoms with Gasteiger partial charge in [-0.05, 0) is 36.2 Å². The van der Waals surface area contributed by atoms with Gasteiger partial charge in [-0.2, -0.15) is 0 Å². The Hall–Kier alpha value is -3.28. The van der Waals surface area contributed by atoms with Crippen LogP contribution in [0, 0.1) is 6.92 Å². The molecule has 0 radical (unpaired) electrons. The fourth-order valence-corrected chi connectivity index (χ4v) is 2.71. The maximum absolute atomic E-state index is 12.3. The van der Waals surface area contributed by atoms with Crippen LogP contribution in [0.15, 0.2) is 48.7 Å². The van der Waals surface area contributed by atoms with Gasteiger partial charge in [0.15, 0.2) is 0 Å². The van der Waals surface area contributed by atoms with Crippen LogP contribution in [0.4, 0.5) is 0 Å². The molecule has 6 heteroatoms. The number of carbonyl (C=O) groups is 2. The smallest absolute Gasteiger partial charge is 0.326 e. The standard InChI is InChI=1S/C19H18N2O4/c1-11-6-7-12(9-17(11)22)18(23)21-16(19(24)25)8-13-10-20-15-5-3-2-4-14(13)15/h2-7,9-10,16,20,22H,8H2,1H3,(H,21,23)(H,24,25). The van der Waals surface area contributed by atoms with E-state index in [1.54, 1.807) is 25.3 Å². The molecule has 3 aromatic rings. The number of carbonyl (C=O) groups excluding carboxylic acids is 1. The highest BCUT2D eigenvalue weighted by atomic mass is 16.4. The number of hydrogen-bond acceptors (Lipinski definition) is 3. The van der Waals surface area contributed by atoms with Gasteiger partial charge in [-0.3, -0.25) is 4.79 Å². The molecule has 0 bridgehead atoms. The van der Waals surface area contributed by atoms with Crippen LogP contribution in [-0.2, 0) is 11.2 Å². The minimum atomic E-state index is -1.12. The molecular weight excluding hydrogens is 320 g/mol. The third-order valence-electron chi connectivity index (χ3n) is 4.17. The van der Waals surface area contributed by atoms with Gasteiger partial charge >= 0.3 is 5.97 Å². The Labute approximate surface area is 144 Å². The Bertz CT molecular complexity index is 946. The summed E-state index contributed by atoms with van der Waals surface area (Å²) >= 11 is 0. The molecule has 6 nitrogen and oxygen atoms in total. The average molecular weight is 338 g/mol. The Balaban J connectivity index is 1.80. The largest absolute Gasteiger partial charge is 0.508 e. The number of aryl methyl sites for hydroxylation is 1. The van der Waals surface area contributed by atoms with Gasteiger partial charge < -0.3 is 20.5 Å². The molecule has 0 saturated heterocycles. The normalized spacial score (nSPS) is 12.0. The number of rotatable bonds is 5. The highest BCUT2D eigenvalue weighted by Crippen LogP contribution is 2.20. The number of nitrogens with one attached hydrogen (secondary N) is 2. The van der Waals surface area contributed by atoms with E-state index in [1.165, 1.54) is 6.07 Å². The number of aliphatic carboxylic acids is 1. The Kier molecular flexibility index (Phi) is 4.43. The number of carboxylic acids is 1. The SMILES string of the molecule is Cc1ccc(C(=O)NC(Cc2c[nH]c3ccccc23)C(=O)O)cc1O. The molecular formula is C19H18N2O4. The minimum Gasteiger partial charge on any atom is -0.508 e. The van der Waals surface area contributed by atoms with E-state index < -0.39 is 17.9 Å². The summed E-state index contributed by atoms with van der Waals surface area (Å²) in [7, 11) is 0. The maximum Gasteiger partial charge on any atom is 0.326 e. The Morgan fingerprint density at radius 2 is 1.96 bits per heavy atom. The van der Waals surface area contributed by atoms with Gasteiger partial charge in [0.25, 0.3) is 5.91 Å². The topological polar surface area (TPSA) is 102 Å². The lowest BCUT2D eigenvalue weighted by Gasteiger charge is -2.14. The van der Waals surface area contributed by atoms with Crippen LogP contribution in [0.1, 0.15) is 21.5 Å². The summed E-state index contributed by atoms with van der Waals surface area (Å²) in [4.78, 5) is 27.0. The predicted octanol–water partition coefficient (Wildman–Crippen LogP) is 2.61. The van der Waals surface area contributed by atoms with Gasteiger partial charge in [0.1, 0.15) is 11.8 Å². The fraction of sp³-hybridized carbons (Fsp3) is 0.158. The molecule has 0 aliphatic carbocycles. The number of para-hydroxylation sites is 1. The number of H-pyrrole nitrogens is 1. The van der Waals surface area contributed by atoms with Gasteiger partial charge in [-0.25, -0.2) is 4.79 Å². The van der Waals surface area contributed by atoms with Crippen molar-refractivity contribution in [1.29, 1.82) is 0 Å². The molecule has 0 spiro atoms. The molecule has 0 aliphatic heterocycles. The first-order valence-corrected chi connectivity index (χ1v) is 7.84. The van der Waals surface area contributed by atoms with Crippen molar-refractivity contribution in [1.82, 2.24) is 10.3 Å². The lowest BCUT2D eigenvalue weighted by atomic mass is 10.0. The number of hydrogen-bond donors (Lipinski definition) is 4. The van der Waals surface area contributed by atoms with Crippen LogP contribution >= 0.6 is 0 Å². The molecule has 1 amide bonds. The van der Waals surface area contributed by atoms with Crippen molar-refractivity contribution < 1.29 is 19.8 Å². The zero-order valence-electron chi connectivity index (χ0n) is 13.6. The van der Waals surface area contributed by atoms with Gasteiger partial charge in [0.05, 0.1) is 0 Å². The third-order valence-corrected chi connectivity index (χ3v) is 4.17. The lowest BCUT2D eigenvalue weighted by molar-refractivity contribution is -0.139. The van der Waals surface area contributed by atoms with Crippen molar-refractivity contribution in [2.45, 2.75) is 19.4 Å². The van der Waals surface area contributed by atoms with Gasteiger partial charge in [0, 0.05) is 29.1 Å². The summed E-state index contributed by atoms with van der Waals surface area (Å²) in [5, 5.41) is 22.6. The fourth-order valence-electron chi connectivity index (χ4n) is 2.71. The first-order valence-electron chi connectivity index (χ1n) is 7.84. The second kappa shape index (κ2) is 6.68. The molecule has 25 heavy (non-hydrogen) atoms. The van der Waals surface area contributed by atoms with E-state index in [0.29, 0.717) is 5.56 Å². The number of benzene rings is 2. The van der Waals surface area contributed by atoms with E-state index in [1.807, 2.05) is 24.3 Å². The van der Waals surface area contributed by atoms with E-state index in [0.717, 1.165) is 16.5 Å². The third kappa shape index (κ3) is 3.47. The van der Waals surface area contributed by atoms with Gasteiger partial charge in [0.2, 0.25) is 0 Å². The van der Waals surface area contributed by atoms with Crippen LogP contribution in [-0.4, -0.2) is 33.1 Å². The molecule has 128 valence electrons. The van der Waals surface area contributed by atoms with Crippen molar-refractivity contribution in [3.05, 3.63) is 65.4 Å². The highest BCUT2D eigenvalue weighted by Gasteiger charge is 2.22. The molecule has 1 heterocycles. The minimum absolute atomic E-state index is 0.00356. The first kappa shape index (κ1) is 16.6. The molecule has 0 aliphatic rings. The van der Waals surface area contributed by atoms with Crippen molar-refractivity contribution in [2.24, 2.45) is 0 Å². The molecule has 1 aromatic heterocycles. The number of phenols is 1. The average Bonchev–Trinajstić information content (AvgIpc) is 2.99. The van der Waals surface area contributed by atoms with E-state index >= 15 is 0 Å². The maximum atomic E-state index is 12.3. The molecule has 2 aromatic carbocycles. The number of aromatic nitrogens is 1. The van der Waals surface area contributed by atoms with Crippen molar-refractivity contribution in [3.8, 4) is 5.75 Å². The van der Waals surface area contributed by atoms with Crippen LogP contribution < -0.4 is 5.32 Å². The van der Waals surface area contributed by atoms with E-state index in [-0.39, 0.29) is 17.7 Å². The second-order valence-corrected chi connectivity index (χ2v) is 5.93. The molecule has 1 unspecified atom stereocenters. The van der Waals surface area contributed by atoms with Gasteiger partial charge in [-0.1, -0.05) is 24.3 Å². The predicted molar refractivity (Wildman–Crippen MR) is 93.7 cm³/mol. The summed E-state index contributed by atoms with van der Waals surface area (Å²) in [6.45, 7) is 1.72. The first-order chi connectivity index (χ1) is 12.0. The number of amides is 1. The quantitative estimate of drug-likeness (QED) is 0.574. The van der Waals surface area contributed by atoms with Crippen molar-refractivity contribution >= 4 is 22.8 Å². The Morgan fingerprint density at radius 1 is 1.20 bits per heavy atom. The zero-order valence-corrected chi connectivity index (χ0v) is 13.6. The van der Waals surface area contributed by atoms with E-state index in [4.69, 9.17) is 0 Å². The van der Waals surface area contributed by atoms with E-state index in [2.05, 4.69) is 10.3 Å². The monoisotopic (exact) mass is 338 g/mol. The van der Waals surface area contributed by atoms with Crippen molar-refractivity contribution in [3.63, 3.8) is 0 Å². The van der Waals surface area contributed by atoms with Crippen LogP contribution in [0.5, 0.6) is 5.75 Å². The summed E-state index contributed by atoms with van der Waals surface area (Å²) in [5.74, 6) is -1.66. The van der Waals surface area contributed by atoms with Gasteiger partial charge in [-0.15, -0.1) is 0 Å². The summed E-state index contributed by atoms with van der Waals surface area (Å²) in [6, 6.07) is 11.0. The van der Waals surface area contributed by atoms with Crippen LogP contribution in [0.2, 0.25) is 0 Å². The molecule has 1 atom stereocenters. The molecule has 0 saturated carbocycles.